The lowest BCUT2D eigenvalue weighted by molar-refractivity contribution is 0.209. The van der Waals surface area contributed by atoms with Crippen molar-refractivity contribution in [3.05, 3.63) is 87.0 Å². The van der Waals surface area contributed by atoms with Crippen LogP contribution in [0, 0.1) is 5.82 Å². The van der Waals surface area contributed by atoms with Crippen LogP contribution >= 0.6 is 11.6 Å². The van der Waals surface area contributed by atoms with Crippen LogP contribution in [0.5, 0.6) is 0 Å². The number of hydrogen-bond acceptors (Lipinski definition) is 4. The van der Waals surface area contributed by atoms with E-state index in [0.29, 0.717) is 39.7 Å². The first-order valence-corrected chi connectivity index (χ1v) is 10.2. The molecule has 0 radical (unpaired) electrons. The van der Waals surface area contributed by atoms with Gasteiger partial charge in [0, 0.05) is 17.4 Å². The molecule has 2 heterocycles. The second-order valence-corrected chi connectivity index (χ2v) is 7.81. The van der Waals surface area contributed by atoms with Gasteiger partial charge in [-0.25, -0.2) is 19.3 Å². The lowest BCUT2D eigenvalue weighted by atomic mass is 9.98. The number of anilines is 1. The maximum absolute atomic E-state index is 14.8. The fraction of sp³-hybridized carbons (Fsp3) is 0.0435. The van der Waals surface area contributed by atoms with Crippen LogP contribution < -0.4 is 10.9 Å². The minimum absolute atomic E-state index is 0.0156. The van der Waals surface area contributed by atoms with Crippen LogP contribution in [0.25, 0.3) is 32.9 Å². The molecule has 33 heavy (non-hydrogen) atoms. The van der Waals surface area contributed by atoms with Gasteiger partial charge < -0.3 is 10.1 Å². The monoisotopic (exact) mass is 463 g/mol. The number of H-pyrrole nitrogens is 2. The van der Waals surface area contributed by atoms with Gasteiger partial charge in [0.15, 0.2) is 0 Å². The number of benzene rings is 3. The van der Waals surface area contributed by atoms with Crippen LogP contribution in [0.4, 0.5) is 15.1 Å². The van der Waals surface area contributed by atoms with Gasteiger partial charge in [0.1, 0.15) is 5.82 Å². The molecule has 5 aromatic rings. The number of fused-ring (bicyclic) bond motifs is 2. The molecule has 164 valence electrons. The number of amides is 1. The van der Waals surface area contributed by atoms with Gasteiger partial charge in [0.25, 0.3) is 5.56 Å². The summed E-state index contributed by atoms with van der Waals surface area (Å²) >= 11 is 6.35. The molecule has 0 aliphatic heterocycles. The van der Waals surface area contributed by atoms with Crippen LogP contribution in [0.3, 0.4) is 0 Å². The minimum atomic E-state index is -1.27. The van der Waals surface area contributed by atoms with Crippen molar-refractivity contribution < 1.29 is 14.3 Å². The summed E-state index contributed by atoms with van der Waals surface area (Å²) in [5.74, 6) is -0.435. The fourth-order valence-electron chi connectivity index (χ4n) is 3.79. The number of rotatable bonds is 4. The summed E-state index contributed by atoms with van der Waals surface area (Å²) in [5, 5.41) is 19.2. The molecule has 8 nitrogen and oxygen atoms in total. The standard InChI is InChI=1S/C23H15ClFN5O3/c24-16-9-12(10-19-20(16)27-22(26-19)28-23(32)33)15-7-11(5-6-17(15)25)8-18-13-3-1-2-4-14(13)21(31)30-29-18/h1-7,9-10H,8H2,(H,30,31)(H,32,33)(H2,26,27,28). The molecular formula is C23H15ClFN5O3. The maximum atomic E-state index is 14.8. The van der Waals surface area contributed by atoms with Crippen LogP contribution in [-0.2, 0) is 6.42 Å². The van der Waals surface area contributed by atoms with Crippen LogP contribution in [0.2, 0.25) is 5.02 Å². The Morgan fingerprint density at radius 3 is 2.70 bits per heavy atom. The van der Waals surface area contributed by atoms with Gasteiger partial charge in [-0.15, -0.1) is 0 Å². The molecule has 4 N–H and O–H groups in total. The number of carbonyl (C=O) groups is 1. The van der Waals surface area contributed by atoms with Crippen LogP contribution in [0.15, 0.2) is 59.4 Å². The van der Waals surface area contributed by atoms with Gasteiger partial charge in [-0.2, -0.15) is 5.10 Å². The number of nitrogens with zero attached hydrogens (tertiary/aromatic N) is 2. The highest BCUT2D eigenvalue weighted by atomic mass is 35.5. The second kappa shape index (κ2) is 8.03. The minimum Gasteiger partial charge on any atom is -0.465 e. The Morgan fingerprint density at radius 1 is 1.12 bits per heavy atom. The Morgan fingerprint density at radius 2 is 1.91 bits per heavy atom. The van der Waals surface area contributed by atoms with Crippen molar-refractivity contribution in [3.8, 4) is 11.1 Å². The van der Waals surface area contributed by atoms with Gasteiger partial charge in [-0.1, -0.05) is 35.9 Å². The first kappa shape index (κ1) is 20.7. The zero-order valence-electron chi connectivity index (χ0n) is 16.8. The fourth-order valence-corrected chi connectivity index (χ4v) is 4.05. The zero-order chi connectivity index (χ0) is 23.1. The molecule has 10 heteroatoms. The highest BCUT2D eigenvalue weighted by Gasteiger charge is 2.15. The number of aromatic amines is 2. The van der Waals surface area contributed by atoms with Crippen LogP contribution in [0.1, 0.15) is 11.3 Å². The van der Waals surface area contributed by atoms with E-state index in [9.17, 15) is 14.0 Å². The summed E-state index contributed by atoms with van der Waals surface area (Å²) in [7, 11) is 0. The van der Waals surface area contributed by atoms with Gasteiger partial charge >= 0.3 is 6.09 Å². The molecule has 2 aromatic heterocycles. The molecule has 0 saturated heterocycles. The van der Waals surface area contributed by atoms with Gasteiger partial charge in [0.2, 0.25) is 5.95 Å². The molecular weight excluding hydrogens is 449 g/mol. The predicted molar refractivity (Wildman–Crippen MR) is 123 cm³/mol. The summed E-state index contributed by atoms with van der Waals surface area (Å²) in [4.78, 5) is 29.9. The molecule has 1 amide bonds. The van der Waals surface area contributed by atoms with Gasteiger partial charge in [-0.3, -0.25) is 10.1 Å². The topological polar surface area (TPSA) is 124 Å². The van der Waals surface area contributed by atoms with E-state index in [0.717, 1.165) is 10.9 Å². The maximum Gasteiger partial charge on any atom is 0.411 e. The second-order valence-electron chi connectivity index (χ2n) is 7.40. The van der Waals surface area contributed by atoms with Crippen molar-refractivity contribution >= 4 is 45.4 Å². The van der Waals surface area contributed by atoms with Crippen LogP contribution in [-0.4, -0.2) is 31.4 Å². The SMILES string of the molecule is O=C(O)Nc1nc2cc(-c3cc(Cc4n[nH]c(=O)c5ccccc45)ccc3F)cc(Cl)c2[nH]1. The third-order valence-corrected chi connectivity index (χ3v) is 5.56. The van der Waals surface area contributed by atoms with Crippen molar-refractivity contribution in [2.75, 3.05) is 5.32 Å². The quantitative estimate of drug-likeness (QED) is 0.300. The lowest BCUT2D eigenvalue weighted by Gasteiger charge is -2.09. The number of aromatic nitrogens is 4. The van der Waals surface area contributed by atoms with E-state index in [-0.39, 0.29) is 16.5 Å². The van der Waals surface area contributed by atoms with Crippen molar-refractivity contribution in [2.24, 2.45) is 0 Å². The highest BCUT2D eigenvalue weighted by Crippen LogP contribution is 2.32. The Hall–Kier alpha value is -4.24. The van der Waals surface area contributed by atoms with Gasteiger partial charge in [-0.05, 0) is 41.5 Å². The summed E-state index contributed by atoms with van der Waals surface area (Å²) in [5.41, 5.74) is 2.78. The smallest absolute Gasteiger partial charge is 0.411 e. The molecule has 0 bridgehead atoms. The predicted octanol–water partition coefficient (Wildman–Crippen LogP) is 4.94. The first-order valence-electron chi connectivity index (χ1n) is 9.83. The van der Waals surface area contributed by atoms with Crippen molar-refractivity contribution in [3.63, 3.8) is 0 Å². The van der Waals surface area contributed by atoms with E-state index < -0.39 is 11.9 Å². The van der Waals surface area contributed by atoms with E-state index in [4.69, 9.17) is 16.7 Å². The molecule has 0 atom stereocenters. The normalized spacial score (nSPS) is 11.2. The average Bonchev–Trinajstić information content (AvgIpc) is 3.19. The highest BCUT2D eigenvalue weighted by molar-refractivity contribution is 6.35. The molecule has 0 unspecified atom stereocenters. The average molecular weight is 464 g/mol. The van der Waals surface area contributed by atoms with E-state index in [1.807, 2.05) is 12.1 Å². The number of hydrogen-bond donors (Lipinski definition) is 4. The van der Waals surface area contributed by atoms with E-state index in [2.05, 4.69) is 25.5 Å². The Balaban J connectivity index is 1.56. The third kappa shape index (κ3) is 3.90. The van der Waals surface area contributed by atoms with Crippen molar-refractivity contribution in [1.29, 1.82) is 0 Å². The largest absolute Gasteiger partial charge is 0.465 e. The van der Waals surface area contributed by atoms with Crippen molar-refractivity contribution in [1.82, 2.24) is 20.2 Å². The molecule has 0 aliphatic carbocycles. The first-order chi connectivity index (χ1) is 15.9. The van der Waals surface area contributed by atoms with E-state index in [1.54, 1.807) is 36.4 Å². The summed E-state index contributed by atoms with van der Waals surface area (Å²) < 4.78 is 14.8. The van der Waals surface area contributed by atoms with E-state index in [1.165, 1.54) is 6.07 Å². The zero-order valence-corrected chi connectivity index (χ0v) is 17.6. The Bertz CT molecular complexity index is 1610. The molecule has 0 spiro atoms. The molecule has 5 rings (SSSR count). The molecule has 0 fully saturated rings. The molecule has 0 aliphatic rings. The summed E-state index contributed by atoms with van der Waals surface area (Å²) in [6.07, 6.45) is -0.900. The molecule has 0 saturated carbocycles. The lowest BCUT2D eigenvalue weighted by Crippen LogP contribution is -2.11. The summed E-state index contributed by atoms with van der Waals surface area (Å²) in [6, 6.07) is 15.1. The van der Waals surface area contributed by atoms with Crippen molar-refractivity contribution in [2.45, 2.75) is 6.42 Å². The molecule has 3 aromatic carbocycles. The Kier molecular flexibility index (Phi) is 5.02. The van der Waals surface area contributed by atoms with E-state index >= 15 is 0 Å². The Labute approximate surface area is 190 Å². The summed E-state index contributed by atoms with van der Waals surface area (Å²) in [6.45, 7) is 0. The number of imidazole rings is 1. The van der Waals surface area contributed by atoms with Gasteiger partial charge in [0.05, 0.1) is 27.1 Å². The number of halogens is 2. The number of carboxylic acid groups (broad SMARTS) is 1. The third-order valence-electron chi connectivity index (χ3n) is 5.26. The number of nitrogens with one attached hydrogen (secondary N) is 3.